The van der Waals surface area contributed by atoms with Crippen LogP contribution < -0.4 is 5.32 Å². The molecule has 0 saturated carbocycles. The second-order valence-corrected chi connectivity index (χ2v) is 8.41. The summed E-state index contributed by atoms with van der Waals surface area (Å²) in [6, 6.07) is 40.4. The zero-order chi connectivity index (χ0) is 23.1. The van der Waals surface area contributed by atoms with Gasteiger partial charge in [-0.1, -0.05) is 123 Å². The molecule has 33 heavy (non-hydrogen) atoms. The van der Waals surface area contributed by atoms with E-state index in [-0.39, 0.29) is 5.41 Å². The Kier molecular flexibility index (Phi) is 6.90. The molecule has 164 valence electrons. The highest BCUT2D eigenvalue weighted by atomic mass is 14.9. The summed E-state index contributed by atoms with van der Waals surface area (Å²) >= 11 is 0. The predicted octanol–water partition coefficient (Wildman–Crippen LogP) is 8.46. The number of fused-ring (bicyclic) bond motifs is 1. The van der Waals surface area contributed by atoms with E-state index < -0.39 is 0 Å². The second-order valence-electron chi connectivity index (χ2n) is 8.41. The smallest absolute Gasteiger partial charge is 0.0497 e. The van der Waals surface area contributed by atoms with E-state index in [1.807, 2.05) is 30.3 Å². The van der Waals surface area contributed by atoms with E-state index >= 15 is 0 Å². The molecule has 0 aromatic heterocycles. The van der Waals surface area contributed by atoms with Crippen molar-refractivity contribution in [2.45, 2.75) is 25.2 Å². The maximum absolute atomic E-state index is 4.34. The molecule has 0 saturated heterocycles. The Balaban J connectivity index is 0.000000200. The molecule has 0 unspecified atom stereocenters. The van der Waals surface area contributed by atoms with Crippen molar-refractivity contribution in [2.75, 3.05) is 5.32 Å². The van der Waals surface area contributed by atoms with Gasteiger partial charge in [-0.25, -0.2) is 0 Å². The number of hydrogen-bond acceptors (Lipinski definition) is 1. The third-order valence-electron chi connectivity index (χ3n) is 6.30. The summed E-state index contributed by atoms with van der Waals surface area (Å²) in [4.78, 5) is 0. The van der Waals surface area contributed by atoms with Crippen LogP contribution in [-0.4, -0.2) is 0 Å². The standard InChI is InChI=1S/C22H18.C10H13N/c1-17-16-22(18-10-4-2-5-11-18,19-12-6-3-7-13-19)21-15-9-8-14-20(17)21;1-3-9(2)11-10-7-5-4-6-8-10/h2-15H,1,16H2;4-8,11H,2-3H2,1H3. The number of nitrogens with one attached hydrogen (secondary N) is 1. The molecule has 1 nitrogen and oxygen atoms in total. The van der Waals surface area contributed by atoms with Gasteiger partial charge < -0.3 is 5.32 Å². The minimum absolute atomic E-state index is 0.115. The van der Waals surface area contributed by atoms with E-state index in [2.05, 4.69) is 110 Å². The van der Waals surface area contributed by atoms with Gasteiger partial charge in [0.25, 0.3) is 0 Å². The molecule has 1 aliphatic carbocycles. The van der Waals surface area contributed by atoms with Gasteiger partial charge in [-0.05, 0) is 52.8 Å². The number of hydrogen-bond donors (Lipinski definition) is 1. The molecule has 4 aromatic carbocycles. The number of anilines is 1. The van der Waals surface area contributed by atoms with Crippen molar-refractivity contribution in [3.8, 4) is 0 Å². The molecule has 0 amide bonds. The minimum Gasteiger partial charge on any atom is -0.359 e. The molecule has 0 atom stereocenters. The van der Waals surface area contributed by atoms with Crippen molar-refractivity contribution >= 4 is 11.3 Å². The minimum atomic E-state index is -0.115. The monoisotopic (exact) mass is 429 g/mol. The van der Waals surface area contributed by atoms with Gasteiger partial charge in [0.1, 0.15) is 0 Å². The summed E-state index contributed by atoms with van der Waals surface area (Å²) in [7, 11) is 0. The molecule has 1 aliphatic rings. The third kappa shape index (κ3) is 4.68. The first-order valence-electron chi connectivity index (χ1n) is 11.5. The highest BCUT2D eigenvalue weighted by Crippen LogP contribution is 2.52. The normalized spacial score (nSPS) is 13.4. The van der Waals surface area contributed by atoms with Gasteiger partial charge in [0.15, 0.2) is 0 Å². The molecular weight excluding hydrogens is 398 g/mol. The molecule has 0 radical (unpaired) electrons. The van der Waals surface area contributed by atoms with Crippen molar-refractivity contribution in [1.29, 1.82) is 0 Å². The van der Waals surface area contributed by atoms with Crippen molar-refractivity contribution in [2.24, 2.45) is 0 Å². The number of allylic oxidation sites excluding steroid dienone is 2. The fraction of sp³-hybridized carbons (Fsp3) is 0.125. The molecule has 4 aromatic rings. The summed E-state index contributed by atoms with van der Waals surface area (Å²) in [5, 5.41) is 3.20. The largest absolute Gasteiger partial charge is 0.359 e. The summed E-state index contributed by atoms with van der Waals surface area (Å²) in [6.07, 6.45) is 1.91. The SMILES string of the molecule is C=C(CC)Nc1ccccc1.C=C1CC(c2ccccc2)(c2ccccc2)c2ccccc21. The van der Waals surface area contributed by atoms with Gasteiger partial charge in [0.05, 0.1) is 0 Å². The fourth-order valence-corrected chi connectivity index (χ4v) is 4.62. The van der Waals surface area contributed by atoms with Crippen LogP contribution in [0.5, 0.6) is 0 Å². The summed E-state index contributed by atoms with van der Waals surface area (Å²) in [5.74, 6) is 0. The Hall–Kier alpha value is -3.84. The third-order valence-corrected chi connectivity index (χ3v) is 6.30. The van der Waals surface area contributed by atoms with Crippen LogP contribution >= 0.6 is 0 Å². The molecule has 0 heterocycles. The first-order valence-corrected chi connectivity index (χ1v) is 11.5. The Morgan fingerprint density at radius 1 is 0.727 bits per heavy atom. The van der Waals surface area contributed by atoms with Gasteiger partial charge in [0.2, 0.25) is 0 Å². The van der Waals surface area contributed by atoms with Crippen molar-refractivity contribution in [3.05, 3.63) is 156 Å². The van der Waals surface area contributed by atoms with Gasteiger partial charge >= 0.3 is 0 Å². The van der Waals surface area contributed by atoms with Crippen molar-refractivity contribution < 1.29 is 0 Å². The average molecular weight is 430 g/mol. The predicted molar refractivity (Wildman–Crippen MR) is 142 cm³/mol. The Labute approximate surface area is 198 Å². The van der Waals surface area contributed by atoms with Crippen LogP contribution in [0.3, 0.4) is 0 Å². The molecule has 5 rings (SSSR count). The van der Waals surface area contributed by atoms with E-state index in [4.69, 9.17) is 0 Å². The maximum Gasteiger partial charge on any atom is 0.0497 e. The molecule has 0 bridgehead atoms. The van der Waals surface area contributed by atoms with Crippen molar-refractivity contribution in [1.82, 2.24) is 0 Å². The lowest BCUT2D eigenvalue weighted by atomic mass is 9.70. The summed E-state index contributed by atoms with van der Waals surface area (Å²) < 4.78 is 0. The molecule has 1 N–H and O–H groups in total. The zero-order valence-corrected chi connectivity index (χ0v) is 19.3. The molecule has 1 heteroatoms. The van der Waals surface area contributed by atoms with Gasteiger partial charge in [0, 0.05) is 16.8 Å². The topological polar surface area (TPSA) is 12.0 Å². The molecule has 0 spiro atoms. The fourth-order valence-electron chi connectivity index (χ4n) is 4.62. The van der Waals surface area contributed by atoms with Crippen LogP contribution in [0.1, 0.15) is 42.0 Å². The molecule has 0 fully saturated rings. The highest BCUT2D eigenvalue weighted by molar-refractivity contribution is 5.78. The number of para-hydroxylation sites is 1. The van der Waals surface area contributed by atoms with Crippen molar-refractivity contribution in [3.63, 3.8) is 0 Å². The Bertz CT molecular complexity index is 1170. The van der Waals surface area contributed by atoms with E-state index in [1.54, 1.807) is 0 Å². The van der Waals surface area contributed by atoms with Crippen LogP contribution in [-0.2, 0) is 5.41 Å². The zero-order valence-electron chi connectivity index (χ0n) is 19.3. The van der Waals surface area contributed by atoms with E-state index in [9.17, 15) is 0 Å². The molecular formula is C32H31N. The highest BCUT2D eigenvalue weighted by Gasteiger charge is 2.43. The first-order chi connectivity index (χ1) is 16.1. The van der Waals surface area contributed by atoms with Crippen LogP contribution in [0.2, 0.25) is 0 Å². The average Bonchev–Trinajstić information content (AvgIpc) is 3.19. The van der Waals surface area contributed by atoms with Crippen LogP contribution in [0.25, 0.3) is 5.57 Å². The van der Waals surface area contributed by atoms with Gasteiger partial charge in [-0.15, -0.1) is 0 Å². The van der Waals surface area contributed by atoms with Crippen LogP contribution in [0, 0.1) is 0 Å². The van der Waals surface area contributed by atoms with Crippen LogP contribution in [0.15, 0.2) is 134 Å². The number of benzene rings is 4. The Morgan fingerprint density at radius 3 is 1.76 bits per heavy atom. The van der Waals surface area contributed by atoms with E-state index in [0.717, 1.165) is 24.2 Å². The molecule has 0 aliphatic heterocycles. The summed E-state index contributed by atoms with van der Waals surface area (Å²) in [5.41, 5.74) is 8.63. The lowest BCUT2D eigenvalue weighted by Crippen LogP contribution is -2.26. The second kappa shape index (κ2) is 10.2. The van der Waals surface area contributed by atoms with Gasteiger partial charge in [-0.3, -0.25) is 0 Å². The van der Waals surface area contributed by atoms with E-state index in [0.29, 0.717) is 0 Å². The first kappa shape index (κ1) is 22.4. The quantitative estimate of drug-likeness (QED) is 0.335. The lowest BCUT2D eigenvalue weighted by Gasteiger charge is -2.32. The Morgan fingerprint density at radius 2 is 1.21 bits per heavy atom. The van der Waals surface area contributed by atoms with E-state index in [1.165, 1.54) is 27.8 Å². The van der Waals surface area contributed by atoms with Crippen LogP contribution in [0.4, 0.5) is 5.69 Å². The maximum atomic E-state index is 4.34. The lowest BCUT2D eigenvalue weighted by molar-refractivity contribution is 0.662. The number of rotatable bonds is 5. The summed E-state index contributed by atoms with van der Waals surface area (Å²) in [6.45, 7) is 10.3. The van der Waals surface area contributed by atoms with Gasteiger partial charge in [-0.2, -0.15) is 0 Å².